The van der Waals surface area contributed by atoms with Crippen molar-refractivity contribution in [2.75, 3.05) is 12.4 Å². The molecule has 1 aromatic carbocycles. The van der Waals surface area contributed by atoms with Gasteiger partial charge < -0.3 is 10.1 Å². The second-order valence-corrected chi connectivity index (χ2v) is 4.94. The van der Waals surface area contributed by atoms with Gasteiger partial charge in [-0.1, -0.05) is 11.3 Å². The molecule has 1 aromatic heterocycles. The van der Waals surface area contributed by atoms with Gasteiger partial charge in [-0.2, -0.15) is 0 Å². The summed E-state index contributed by atoms with van der Waals surface area (Å²) in [5.74, 6) is 0.342. The minimum absolute atomic E-state index is 0.0661. The second kappa shape index (κ2) is 6.18. The van der Waals surface area contributed by atoms with E-state index in [-0.39, 0.29) is 10.7 Å². The Balaban J connectivity index is 2.11. The van der Waals surface area contributed by atoms with Crippen molar-refractivity contribution in [1.82, 2.24) is 0 Å². The number of nitro groups is 2. The fraction of sp³-hybridized carbons (Fsp3) is 0.167. The van der Waals surface area contributed by atoms with Crippen molar-refractivity contribution >= 4 is 27.7 Å². The Hall–Kier alpha value is -2.68. The average molecular weight is 309 g/mol. The molecule has 0 saturated heterocycles. The Bertz CT molecular complexity index is 685. The Morgan fingerprint density at radius 3 is 2.57 bits per heavy atom. The first-order chi connectivity index (χ1) is 10.0. The van der Waals surface area contributed by atoms with Gasteiger partial charge in [0.05, 0.1) is 28.7 Å². The molecule has 21 heavy (non-hydrogen) atoms. The number of nitro benzene ring substituents is 1. The molecule has 2 rings (SSSR count). The molecule has 1 heterocycles. The summed E-state index contributed by atoms with van der Waals surface area (Å²) in [6.07, 6.45) is 0. The molecule has 0 radical (unpaired) electrons. The zero-order chi connectivity index (χ0) is 15.4. The zero-order valence-corrected chi connectivity index (χ0v) is 11.8. The van der Waals surface area contributed by atoms with Gasteiger partial charge in [0.2, 0.25) is 0 Å². The molecule has 0 spiro atoms. The van der Waals surface area contributed by atoms with Gasteiger partial charge >= 0.3 is 5.00 Å². The van der Waals surface area contributed by atoms with Crippen LogP contribution < -0.4 is 10.1 Å². The first-order valence-corrected chi connectivity index (χ1v) is 6.67. The van der Waals surface area contributed by atoms with Crippen LogP contribution in [0.25, 0.3) is 0 Å². The Labute approximate surface area is 123 Å². The molecule has 0 amide bonds. The highest BCUT2D eigenvalue weighted by molar-refractivity contribution is 7.13. The van der Waals surface area contributed by atoms with E-state index in [9.17, 15) is 20.2 Å². The summed E-state index contributed by atoms with van der Waals surface area (Å²) < 4.78 is 5.10. The second-order valence-electron chi connectivity index (χ2n) is 4.05. The number of nitrogens with one attached hydrogen (secondary N) is 1. The lowest BCUT2D eigenvalue weighted by Gasteiger charge is -2.10. The van der Waals surface area contributed by atoms with Crippen LogP contribution in [-0.4, -0.2) is 17.0 Å². The van der Waals surface area contributed by atoms with Gasteiger partial charge in [0.1, 0.15) is 5.75 Å². The van der Waals surface area contributed by atoms with E-state index in [1.54, 1.807) is 5.38 Å². The summed E-state index contributed by atoms with van der Waals surface area (Å²) in [5, 5.41) is 26.1. The molecule has 0 aliphatic heterocycles. The maximum atomic E-state index is 10.7. The zero-order valence-electron chi connectivity index (χ0n) is 10.9. The minimum Gasteiger partial charge on any atom is -0.494 e. The average Bonchev–Trinajstić information content (AvgIpc) is 2.93. The molecule has 0 bridgehead atoms. The first-order valence-electron chi connectivity index (χ1n) is 5.79. The molecule has 0 aliphatic rings. The quantitative estimate of drug-likeness (QED) is 0.648. The van der Waals surface area contributed by atoms with Crippen LogP contribution in [-0.2, 0) is 6.54 Å². The lowest BCUT2D eigenvalue weighted by atomic mass is 10.2. The molecule has 9 heteroatoms. The fourth-order valence-corrected chi connectivity index (χ4v) is 2.42. The van der Waals surface area contributed by atoms with Crippen molar-refractivity contribution in [2.24, 2.45) is 0 Å². The predicted octanol–water partition coefficient (Wildman–Crippen LogP) is 3.19. The SMILES string of the molecule is COc1cc([N+](=O)[O-])ccc1NCc1csc([N+](=O)[O-])c1. The van der Waals surface area contributed by atoms with Crippen molar-refractivity contribution in [1.29, 1.82) is 0 Å². The molecule has 1 N–H and O–H groups in total. The largest absolute Gasteiger partial charge is 0.494 e. The Kier molecular flexibility index (Phi) is 4.33. The molecule has 2 aromatic rings. The summed E-state index contributed by atoms with van der Waals surface area (Å²) in [4.78, 5) is 20.3. The number of rotatable bonds is 6. The number of nitrogens with zero attached hydrogens (tertiary/aromatic N) is 2. The summed E-state index contributed by atoms with van der Waals surface area (Å²) in [6.45, 7) is 0.360. The van der Waals surface area contributed by atoms with Crippen molar-refractivity contribution in [3.05, 3.63) is 55.4 Å². The molecule has 8 nitrogen and oxygen atoms in total. The minimum atomic E-state index is -0.505. The maximum absolute atomic E-state index is 10.7. The molecule has 110 valence electrons. The fourth-order valence-electron chi connectivity index (χ4n) is 1.69. The van der Waals surface area contributed by atoms with E-state index in [1.165, 1.54) is 31.4 Å². The van der Waals surface area contributed by atoms with Crippen LogP contribution in [0.3, 0.4) is 0 Å². The standard InChI is InChI=1S/C12H11N3O5S/c1-20-11-5-9(14(16)17)2-3-10(11)13-6-8-4-12(15(18)19)21-7-8/h2-5,7,13H,6H2,1H3. The van der Waals surface area contributed by atoms with E-state index in [1.807, 2.05) is 0 Å². The number of hydrogen-bond donors (Lipinski definition) is 1. The predicted molar refractivity (Wildman–Crippen MR) is 77.9 cm³/mol. The van der Waals surface area contributed by atoms with Crippen LogP contribution in [0, 0.1) is 20.2 Å². The molecule has 0 fully saturated rings. The van der Waals surface area contributed by atoms with Crippen LogP contribution >= 0.6 is 11.3 Å². The van der Waals surface area contributed by atoms with E-state index in [0.29, 0.717) is 18.0 Å². The van der Waals surface area contributed by atoms with E-state index in [2.05, 4.69) is 5.32 Å². The lowest BCUT2D eigenvalue weighted by molar-refractivity contribution is -0.384. The smallest absolute Gasteiger partial charge is 0.324 e. The van der Waals surface area contributed by atoms with E-state index in [4.69, 9.17) is 4.74 Å². The number of non-ortho nitro benzene ring substituents is 1. The third-order valence-electron chi connectivity index (χ3n) is 2.70. The summed E-state index contributed by atoms with van der Waals surface area (Å²) in [5.41, 5.74) is 1.27. The highest BCUT2D eigenvalue weighted by atomic mass is 32.1. The number of benzene rings is 1. The van der Waals surface area contributed by atoms with Gasteiger partial charge in [-0.15, -0.1) is 0 Å². The van der Waals surface area contributed by atoms with Crippen LogP contribution in [0.5, 0.6) is 5.75 Å². The third kappa shape index (κ3) is 3.45. The van der Waals surface area contributed by atoms with Gasteiger partial charge in [0.25, 0.3) is 5.69 Å². The Morgan fingerprint density at radius 1 is 1.24 bits per heavy atom. The van der Waals surface area contributed by atoms with Crippen LogP contribution in [0.15, 0.2) is 29.6 Å². The summed E-state index contributed by atoms with van der Waals surface area (Å²) >= 11 is 1.05. The monoisotopic (exact) mass is 309 g/mol. The van der Waals surface area contributed by atoms with Crippen molar-refractivity contribution in [2.45, 2.75) is 6.54 Å². The first kappa shape index (κ1) is 14.7. The number of ether oxygens (including phenoxy) is 1. The highest BCUT2D eigenvalue weighted by Crippen LogP contribution is 2.30. The maximum Gasteiger partial charge on any atom is 0.324 e. The molecule has 0 atom stereocenters. The Morgan fingerprint density at radius 2 is 2.00 bits per heavy atom. The van der Waals surface area contributed by atoms with Crippen molar-refractivity contribution in [3.63, 3.8) is 0 Å². The summed E-state index contributed by atoms with van der Waals surface area (Å²) in [6, 6.07) is 5.70. The van der Waals surface area contributed by atoms with Crippen molar-refractivity contribution < 1.29 is 14.6 Å². The molecule has 0 aliphatic carbocycles. The highest BCUT2D eigenvalue weighted by Gasteiger charge is 2.13. The number of anilines is 1. The normalized spacial score (nSPS) is 10.1. The number of hydrogen-bond acceptors (Lipinski definition) is 7. The van der Waals surface area contributed by atoms with Crippen LogP contribution in [0.4, 0.5) is 16.4 Å². The van der Waals surface area contributed by atoms with Gasteiger partial charge in [0, 0.05) is 24.1 Å². The van der Waals surface area contributed by atoms with Gasteiger partial charge in [-0.05, 0) is 11.6 Å². The van der Waals surface area contributed by atoms with Gasteiger partial charge in [0.15, 0.2) is 0 Å². The van der Waals surface area contributed by atoms with Crippen LogP contribution in [0.1, 0.15) is 5.56 Å². The number of thiophene rings is 1. The van der Waals surface area contributed by atoms with Crippen LogP contribution in [0.2, 0.25) is 0 Å². The molecule has 0 unspecified atom stereocenters. The third-order valence-corrected chi connectivity index (χ3v) is 3.63. The lowest BCUT2D eigenvalue weighted by Crippen LogP contribution is -2.01. The van der Waals surface area contributed by atoms with Gasteiger partial charge in [-0.25, -0.2) is 0 Å². The van der Waals surface area contributed by atoms with E-state index in [0.717, 1.165) is 16.9 Å². The molecular weight excluding hydrogens is 298 g/mol. The molecular formula is C12H11N3O5S. The topological polar surface area (TPSA) is 108 Å². The van der Waals surface area contributed by atoms with E-state index >= 15 is 0 Å². The van der Waals surface area contributed by atoms with Gasteiger partial charge in [-0.3, -0.25) is 20.2 Å². The molecule has 0 saturated carbocycles. The summed E-state index contributed by atoms with van der Waals surface area (Å²) in [7, 11) is 1.42. The van der Waals surface area contributed by atoms with E-state index < -0.39 is 9.85 Å². The van der Waals surface area contributed by atoms with Crippen molar-refractivity contribution in [3.8, 4) is 5.75 Å². The number of methoxy groups -OCH3 is 1.